The molecule has 0 spiro atoms. The highest BCUT2D eigenvalue weighted by molar-refractivity contribution is 5.61. The molecule has 0 saturated carbocycles. The topological polar surface area (TPSA) is 50.3 Å². The van der Waals surface area contributed by atoms with Gasteiger partial charge in [0.25, 0.3) is 0 Å². The predicted octanol–water partition coefficient (Wildman–Crippen LogP) is 2.22. The summed E-state index contributed by atoms with van der Waals surface area (Å²) in [6.45, 7) is 7.49. The Balaban J connectivity index is 1.87. The maximum atomic E-state index is 5.85. The Morgan fingerprint density at radius 3 is 2.73 bits per heavy atom. The summed E-state index contributed by atoms with van der Waals surface area (Å²) in [6.07, 6.45) is 0.0225. The number of likely N-dealkylation sites (N-methyl/N-ethyl adjacent to an activating group) is 1. The normalized spacial score (nSPS) is 18.2. The first-order chi connectivity index (χ1) is 10.8. The highest BCUT2D eigenvalue weighted by atomic mass is 16.5. The lowest BCUT2D eigenvalue weighted by Gasteiger charge is -2.35. The molecule has 1 aliphatic rings. The van der Waals surface area contributed by atoms with Crippen molar-refractivity contribution in [3.8, 4) is 11.3 Å². The van der Waals surface area contributed by atoms with E-state index in [0.29, 0.717) is 0 Å². The van der Waals surface area contributed by atoms with Crippen LogP contribution in [0.15, 0.2) is 36.4 Å². The lowest BCUT2D eigenvalue weighted by Crippen LogP contribution is -2.50. The second-order valence-electron chi connectivity index (χ2n) is 5.42. The van der Waals surface area contributed by atoms with Crippen molar-refractivity contribution >= 4 is 5.82 Å². The predicted molar refractivity (Wildman–Crippen MR) is 87.8 cm³/mol. The molecular formula is C17H22N4O. The molecule has 5 heteroatoms. The summed E-state index contributed by atoms with van der Waals surface area (Å²) in [7, 11) is 0. The Morgan fingerprint density at radius 2 is 2.09 bits per heavy atom. The molecule has 1 fully saturated rings. The number of ether oxygens (including phenoxy) is 1. The summed E-state index contributed by atoms with van der Waals surface area (Å²) in [4.78, 5) is 2.17. The van der Waals surface area contributed by atoms with Crippen LogP contribution in [0, 0.1) is 6.92 Å². The number of hydrogen-bond acceptors (Lipinski definition) is 5. The molecule has 1 unspecified atom stereocenters. The Labute approximate surface area is 131 Å². The SMILES string of the molecule is CCN(c1nnc(-c2ccccc2)cc1C)C1CNCCO1. The summed E-state index contributed by atoms with van der Waals surface area (Å²) >= 11 is 0. The molecule has 1 saturated heterocycles. The highest BCUT2D eigenvalue weighted by Crippen LogP contribution is 2.24. The summed E-state index contributed by atoms with van der Waals surface area (Å²) < 4.78 is 5.85. The van der Waals surface area contributed by atoms with Crippen LogP contribution in [0.1, 0.15) is 12.5 Å². The Hall–Kier alpha value is -1.98. The van der Waals surface area contributed by atoms with Crippen molar-refractivity contribution in [2.24, 2.45) is 0 Å². The van der Waals surface area contributed by atoms with E-state index in [2.05, 4.69) is 52.5 Å². The average molecular weight is 298 g/mol. The van der Waals surface area contributed by atoms with Gasteiger partial charge in [-0.15, -0.1) is 10.2 Å². The number of nitrogens with one attached hydrogen (secondary N) is 1. The van der Waals surface area contributed by atoms with Gasteiger partial charge in [-0.2, -0.15) is 0 Å². The Bertz CT molecular complexity index is 611. The first-order valence-corrected chi connectivity index (χ1v) is 7.78. The van der Waals surface area contributed by atoms with Gasteiger partial charge in [0.1, 0.15) is 6.23 Å². The van der Waals surface area contributed by atoms with Gasteiger partial charge in [0, 0.05) is 25.2 Å². The second-order valence-corrected chi connectivity index (χ2v) is 5.42. The fourth-order valence-corrected chi connectivity index (χ4v) is 2.75. The molecule has 3 rings (SSSR count). The fraction of sp³-hybridized carbons (Fsp3) is 0.412. The first kappa shape index (κ1) is 14.9. The third-order valence-electron chi connectivity index (χ3n) is 3.90. The summed E-state index contributed by atoms with van der Waals surface area (Å²) in [5, 5.41) is 12.2. The maximum absolute atomic E-state index is 5.85. The van der Waals surface area contributed by atoms with Crippen LogP contribution in [0.25, 0.3) is 11.3 Å². The number of nitrogens with zero attached hydrogens (tertiary/aromatic N) is 3. The van der Waals surface area contributed by atoms with Crippen molar-refractivity contribution in [2.75, 3.05) is 31.1 Å². The molecule has 1 atom stereocenters. The van der Waals surface area contributed by atoms with E-state index in [-0.39, 0.29) is 6.23 Å². The minimum Gasteiger partial charge on any atom is -0.356 e. The average Bonchev–Trinajstić information content (AvgIpc) is 2.59. The van der Waals surface area contributed by atoms with E-state index < -0.39 is 0 Å². The molecule has 0 aliphatic carbocycles. The van der Waals surface area contributed by atoms with Gasteiger partial charge in [0.05, 0.1) is 12.3 Å². The zero-order valence-corrected chi connectivity index (χ0v) is 13.1. The smallest absolute Gasteiger partial charge is 0.156 e. The summed E-state index contributed by atoms with van der Waals surface area (Å²) in [5.74, 6) is 0.899. The third-order valence-corrected chi connectivity index (χ3v) is 3.90. The van der Waals surface area contributed by atoms with Crippen LogP contribution in [0.5, 0.6) is 0 Å². The van der Waals surface area contributed by atoms with E-state index in [1.165, 1.54) is 0 Å². The van der Waals surface area contributed by atoms with Gasteiger partial charge < -0.3 is 15.0 Å². The van der Waals surface area contributed by atoms with Gasteiger partial charge in [0.2, 0.25) is 0 Å². The van der Waals surface area contributed by atoms with E-state index in [1.54, 1.807) is 0 Å². The lowest BCUT2D eigenvalue weighted by molar-refractivity contribution is 0.0266. The van der Waals surface area contributed by atoms with Crippen LogP contribution in [-0.4, -0.2) is 42.7 Å². The van der Waals surface area contributed by atoms with E-state index in [1.807, 2.05) is 18.2 Å². The van der Waals surface area contributed by atoms with Crippen LogP contribution in [0.4, 0.5) is 5.82 Å². The first-order valence-electron chi connectivity index (χ1n) is 7.78. The van der Waals surface area contributed by atoms with Crippen LogP contribution >= 0.6 is 0 Å². The molecule has 1 N–H and O–H groups in total. The number of benzene rings is 1. The zero-order valence-electron chi connectivity index (χ0n) is 13.1. The Morgan fingerprint density at radius 1 is 1.27 bits per heavy atom. The minimum atomic E-state index is 0.0225. The molecular weight excluding hydrogens is 276 g/mol. The fourth-order valence-electron chi connectivity index (χ4n) is 2.75. The number of aromatic nitrogens is 2. The van der Waals surface area contributed by atoms with Crippen molar-refractivity contribution < 1.29 is 4.74 Å². The minimum absolute atomic E-state index is 0.0225. The number of aryl methyl sites for hydroxylation is 1. The van der Waals surface area contributed by atoms with Crippen molar-refractivity contribution in [3.05, 3.63) is 42.0 Å². The van der Waals surface area contributed by atoms with Gasteiger partial charge in [-0.25, -0.2) is 0 Å². The van der Waals surface area contributed by atoms with Crippen LogP contribution in [0.2, 0.25) is 0 Å². The van der Waals surface area contributed by atoms with E-state index in [9.17, 15) is 0 Å². The van der Waals surface area contributed by atoms with Gasteiger partial charge in [0.15, 0.2) is 5.82 Å². The standard InChI is InChI=1S/C17H22N4O/c1-3-21(16-12-18-9-10-22-16)17-13(2)11-15(19-20-17)14-7-5-4-6-8-14/h4-8,11,16,18H,3,9-10,12H2,1-2H3. The van der Waals surface area contributed by atoms with Crippen molar-refractivity contribution in [1.82, 2.24) is 15.5 Å². The molecule has 1 aliphatic heterocycles. The molecule has 2 aromatic rings. The number of anilines is 1. The third kappa shape index (κ3) is 3.10. The van der Waals surface area contributed by atoms with Crippen molar-refractivity contribution in [2.45, 2.75) is 20.1 Å². The second kappa shape index (κ2) is 6.85. The van der Waals surface area contributed by atoms with Gasteiger partial charge in [-0.3, -0.25) is 0 Å². The molecule has 5 nitrogen and oxygen atoms in total. The zero-order chi connectivity index (χ0) is 15.4. The van der Waals surface area contributed by atoms with Gasteiger partial charge in [-0.1, -0.05) is 30.3 Å². The van der Waals surface area contributed by atoms with E-state index in [0.717, 1.165) is 48.9 Å². The molecule has 0 radical (unpaired) electrons. The molecule has 1 aromatic carbocycles. The van der Waals surface area contributed by atoms with Crippen LogP contribution in [-0.2, 0) is 4.74 Å². The monoisotopic (exact) mass is 298 g/mol. The van der Waals surface area contributed by atoms with Crippen molar-refractivity contribution in [3.63, 3.8) is 0 Å². The molecule has 0 amide bonds. The quantitative estimate of drug-likeness (QED) is 0.938. The van der Waals surface area contributed by atoms with Gasteiger partial charge in [-0.05, 0) is 25.5 Å². The van der Waals surface area contributed by atoms with E-state index >= 15 is 0 Å². The molecule has 0 bridgehead atoms. The number of rotatable bonds is 4. The Kier molecular flexibility index (Phi) is 4.65. The largest absolute Gasteiger partial charge is 0.356 e. The lowest BCUT2D eigenvalue weighted by atomic mass is 10.1. The van der Waals surface area contributed by atoms with Crippen LogP contribution in [0.3, 0.4) is 0 Å². The van der Waals surface area contributed by atoms with E-state index in [4.69, 9.17) is 4.74 Å². The molecule has 1 aromatic heterocycles. The highest BCUT2D eigenvalue weighted by Gasteiger charge is 2.23. The number of hydrogen-bond donors (Lipinski definition) is 1. The molecule has 116 valence electrons. The molecule has 2 heterocycles. The number of morpholine rings is 1. The van der Waals surface area contributed by atoms with Crippen LogP contribution < -0.4 is 10.2 Å². The van der Waals surface area contributed by atoms with Crippen molar-refractivity contribution in [1.29, 1.82) is 0 Å². The maximum Gasteiger partial charge on any atom is 0.156 e. The summed E-state index contributed by atoms with van der Waals surface area (Å²) in [5.41, 5.74) is 3.11. The summed E-state index contributed by atoms with van der Waals surface area (Å²) in [6, 6.07) is 12.2. The van der Waals surface area contributed by atoms with Gasteiger partial charge >= 0.3 is 0 Å². The molecule has 22 heavy (non-hydrogen) atoms.